The van der Waals surface area contributed by atoms with E-state index in [1.807, 2.05) is 0 Å². The van der Waals surface area contributed by atoms with Gasteiger partial charge in [-0.15, -0.1) is 0 Å². The molecule has 0 fully saturated rings. The van der Waals surface area contributed by atoms with Crippen molar-refractivity contribution < 1.29 is 14.1 Å². The second kappa shape index (κ2) is 10.2. The molecule has 1 unspecified atom stereocenters. The minimum absolute atomic E-state index is 0.163. The van der Waals surface area contributed by atoms with Crippen LogP contribution in [0.2, 0.25) is 0 Å². The highest BCUT2D eigenvalue weighted by Gasteiger charge is 2.05. The summed E-state index contributed by atoms with van der Waals surface area (Å²) in [5.41, 5.74) is 0. The van der Waals surface area contributed by atoms with Gasteiger partial charge in [-0.2, -0.15) is 0 Å². The fourth-order valence-electron chi connectivity index (χ4n) is 1.08. The molecule has 0 heterocycles. The quantitative estimate of drug-likeness (QED) is 0.393. The Morgan fingerprint density at radius 1 is 1.44 bits per heavy atom. The maximum Gasteiger partial charge on any atom is 0.302 e. The summed E-state index contributed by atoms with van der Waals surface area (Å²) < 4.78 is 16.9. The van der Waals surface area contributed by atoms with Crippen molar-refractivity contribution in [3.63, 3.8) is 0 Å². The average Bonchev–Trinajstić information content (AvgIpc) is 2.21. The lowest BCUT2D eigenvalue weighted by atomic mass is 10.2. The molecule has 0 spiro atoms. The average molecular weight is 311 g/mol. The minimum atomic E-state index is -0.969. The predicted molar refractivity (Wildman–Crippen MR) is 70.8 cm³/mol. The molecule has 0 aromatic heterocycles. The van der Waals surface area contributed by atoms with Gasteiger partial charge in [-0.05, 0) is 39.9 Å². The topological polar surface area (TPSA) is 49.4 Å². The maximum atomic E-state index is 11.5. The first kappa shape index (κ1) is 16.0. The molecule has 0 aliphatic rings. The van der Waals surface area contributed by atoms with Crippen LogP contribution in [-0.2, 0) is 20.7 Å². The molecular formula is C11H19BrO3S. The third-order valence-electron chi connectivity index (χ3n) is 1.87. The van der Waals surface area contributed by atoms with Crippen molar-refractivity contribution in [3.05, 3.63) is 9.89 Å². The third-order valence-corrected chi connectivity index (χ3v) is 3.87. The zero-order valence-electron chi connectivity index (χ0n) is 9.83. The first-order valence-electron chi connectivity index (χ1n) is 5.43. The van der Waals surface area contributed by atoms with Gasteiger partial charge in [0.25, 0.3) is 0 Å². The summed E-state index contributed by atoms with van der Waals surface area (Å²) in [7, 11) is 0. The van der Waals surface area contributed by atoms with Crippen LogP contribution in [0, 0.1) is 0 Å². The number of esters is 1. The molecule has 0 aromatic rings. The molecule has 0 saturated carbocycles. The van der Waals surface area contributed by atoms with Gasteiger partial charge in [0.1, 0.15) is 17.8 Å². The monoisotopic (exact) mass is 310 g/mol. The molecule has 3 nitrogen and oxygen atoms in total. The molecule has 0 bridgehead atoms. The molecule has 0 aromatic carbocycles. The van der Waals surface area contributed by atoms with Crippen LogP contribution < -0.4 is 0 Å². The third kappa shape index (κ3) is 10.5. The molecule has 0 amide bonds. The van der Waals surface area contributed by atoms with Crippen LogP contribution >= 0.6 is 15.9 Å². The van der Waals surface area contributed by atoms with Gasteiger partial charge in [-0.25, -0.2) is 0 Å². The number of rotatable bonds is 8. The van der Waals surface area contributed by atoms with E-state index in [9.17, 15) is 9.35 Å². The van der Waals surface area contributed by atoms with Gasteiger partial charge in [0, 0.05) is 6.92 Å². The van der Waals surface area contributed by atoms with Crippen molar-refractivity contribution in [2.45, 2.75) is 39.5 Å². The summed E-state index contributed by atoms with van der Waals surface area (Å²) in [6.07, 6.45) is 4.47. The van der Waals surface area contributed by atoms with Gasteiger partial charge >= 0.3 is 5.97 Å². The number of carbonyl (C=O) groups is 1. The Kier molecular flexibility index (Phi) is 10.2. The van der Waals surface area contributed by atoms with Crippen molar-refractivity contribution >= 4 is 33.1 Å². The lowest BCUT2D eigenvalue weighted by molar-refractivity contribution is -0.139. The van der Waals surface area contributed by atoms with Crippen molar-refractivity contribution in [3.8, 4) is 0 Å². The summed E-state index contributed by atoms with van der Waals surface area (Å²) in [4.78, 5) is 10.5. The first-order chi connectivity index (χ1) is 7.56. The Hall–Kier alpha value is 0. The van der Waals surface area contributed by atoms with Gasteiger partial charge in [0.15, 0.2) is 0 Å². The van der Waals surface area contributed by atoms with Crippen LogP contribution in [0.15, 0.2) is 9.89 Å². The van der Waals surface area contributed by atoms with Gasteiger partial charge < -0.3 is 9.29 Å². The van der Waals surface area contributed by atoms with E-state index < -0.39 is 11.2 Å². The molecule has 0 aliphatic heterocycles. The second-order valence-corrected chi connectivity index (χ2v) is 5.91. The fraction of sp³-hybridized carbons (Fsp3) is 0.727. The molecule has 0 radical (unpaired) electrons. The summed E-state index contributed by atoms with van der Waals surface area (Å²) >= 11 is 2.25. The number of halogens is 1. The number of hydrogen-bond donors (Lipinski definition) is 0. The lowest BCUT2D eigenvalue weighted by Gasteiger charge is -2.06. The van der Waals surface area contributed by atoms with E-state index >= 15 is 0 Å². The van der Waals surface area contributed by atoms with E-state index in [1.165, 1.54) is 19.8 Å². The molecule has 0 N–H and O–H groups in total. The normalized spacial score (nSPS) is 13.6. The standard InChI is InChI=1S/C11H19BrO3S/c1-3-4-5-6-7-16(14)9-11(12)8-15-10(2)13/h9H,3-8H2,1-2H3. The molecular weight excluding hydrogens is 292 g/mol. The highest BCUT2D eigenvalue weighted by Crippen LogP contribution is 2.11. The minimum Gasteiger partial charge on any atom is -0.612 e. The summed E-state index contributed by atoms with van der Waals surface area (Å²) in [5, 5.41) is 1.61. The van der Waals surface area contributed by atoms with E-state index in [0.29, 0.717) is 10.2 Å². The van der Waals surface area contributed by atoms with Gasteiger partial charge in [-0.3, -0.25) is 4.79 Å². The van der Waals surface area contributed by atoms with Crippen LogP contribution in [0.25, 0.3) is 0 Å². The van der Waals surface area contributed by atoms with Crippen molar-refractivity contribution in [1.82, 2.24) is 0 Å². The Labute approximate surface area is 109 Å². The Balaban J connectivity index is 3.69. The molecule has 5 heteroatoms. The van der Waals surface area contributed by atoms with E-state index in [-0.39, 0.29) is 12.6 Å². The fourth-order valence-corrected chi connectivity index (χ4v) is 2.78. The van der Waals surface area contributed by atoms with Crippen molar-refractivity contribution in [2.24, 2.45) is 0 Å². The molecule has 94 valence electrons. The van der Waals surface area contributed by atoms with Gasteiger partial charge in [-0.1, -0.05) is 19.8 Å². The van der Waals surface area contributed by atoms with Crippen molar-refractivity contribution in [2.75, 3.05) is 12.4 Å². The zero-order valence-corrected chi connectivity index (χ0v) is 12.2. The maximum absolute atomic E-state index is 11.5. The van der Waals surface area contributed by atoms with E-state index in [4.69, 9.17) is 4.74 Å². The zero-order chi connectivity index (χ0) is 12.4. The molecule has 0 rings (SSSR count). The summed E-state index contributed by atoms with van der Waals surface area (Å²) in [6, 6.07) is 0. The highest BCUT2D eigenvalue weighted by atomic mass is 79.9. The molecule has 16 heavy (non-hydrogen) atoms. The molecule has 1 atom stereocenters. The van der Waals surface area contributed by atoms with Crippen LogP contribution in [0.1, 0.15) is 39.5 Å². The first-order valence-corrected chi connectivity index (χ1v) is 7.60. The second-order valence-electron chi connectivity index (χ2n) is 3.49. The Bertz CT molecular complexity index is 231. The molecule has 0 aliphatic carbocycles. The van der Waals surface area contributed by atoms with E-state index in [1.54, 1.807) is 5.41 Å². The highest BCUT2D eigenvalue weighted by molar-refractivity contribution is 9.11. The number of ether oxygens (including phenoxy) is 1. The lowest BCUT2D eigenvalue weighted by Crippen LogP contribution is -2.05. The number of unbranched alkanes of at least 4 members (excludes halogenated alkanes) is 3. The Morgan fingerprint density at radius 2 is 2.12 bits per heavy atom. The smallest absolute Gasteiger partial charge is 0.302 e. The van der Waals surface area contributed by atoms with E-state index in [2.05, 4.69) is 22.9 Å². The van der Waals surface area contributed by atoms with Crippen LogP contribution in [0.4, 0.5) is 0 Å². The van der Waals surface area contributed by atoms with Crippen LogP contribution in [0.3, 0.4) is 0 Å². The van der Waals surface area contributed by atoms with E-state index in [0.717, 1.165) is 12.8 Å². The number of carbonyl (C=O) groups excluding carboxylic acids is 1. The Morgan fingerprint density at radius 3 is 2.69 bits per heavy atom. The predicted octanol–water partition coefficient (Wildman–Crippen LogP) is 3.11. The van der Waals surface area contributed by atoms with Crippen LogP contribution in [0.5, 0.6) is 0 Å². The largest absolute Gasteiger partial charge is 0.612 e. The summed E-state index contributed by atoms with van der Waals surface area (Å²) in [5.74, 6) is 0.342. The van der Waals surface area contributed by atoms with Gasteiger partial charge in [0.05, 0.1) is 4.48 Å². The van der Waals surface area contributed by atoms with Gasteiger partial charge in [0.2, 0.25) is 0 Å². The van der Waals surface area contributed by atoms with Crippen LogP contribution in [-0.4, -0.2) is 22.9 Å². The number of hydrogen-bond acceptors (Lipinski definition) is 3. The molecule has 0 saturated heterocycles. The summed E-state index contributed by atoms with van der Waals surface area (Å²) in [6.45, 7) is 3.66. The van der Waals surface area contributed by atoms with Crippen molar-refractivity contribution in [1.29, 1.82) is 0 Å². The SMILES string of the molecule is CCCCCC[S+]([O-])C=C(Br)COC(C)=O.